The lowest BCUT2D eigenvalue weighted by Crippen LogP contribution is -2.56. The summed E-state index contributed by atoms with van der Waals surface area (Å²) in [7, 11) is 0. The highest BCUT2D eigenvalue weighted by Crippen LogP contribution is 2.09. The highest BCUT2D eigenvalue weighted by atomic mass is 19.1. The standard InChI is InChI=1S/C18H32FN3O6/c1-10(2)14(22-17(27)28-18(4,5)6)16(26)20-11(3)15(25)21-12(7-8-19)9-13(23)24/h10-12,14H,7-9H2,1-6H3,(H,20,26)(H,21,25)(H,22,27)(H,23,24)/t11-,12+,14-/m0/s1. The van der Waals surface area contributed by atoms with Crippen molar-refractivity contribution in [2.45, 2.75) is 78.1 Å². The highest BCUT2D eigenvalue weighted by molar-refractivity contribution is 5.91. The van der Waals surface area contributed by atoms with E-state index in [1.54, 1.807) is 34.6 Å². The molecule has 0 aromatic rings. The van der Waals surface area contributed by atoms with Gasteiger partial charge in [0.05, 0.1) is 13.1 Å². The largest absolute Gasteiger partial charge is 0.481 e. The summed E-state index contributed by atoms with van der Waals surface area (Å²) in [6, 6.07) is -2.83. The maximum absolute atomic E-state index is 12.5. The van der Waals surface area contributed by atoms with E-state index in [0.717, 1.165) is 0 Å². The van der Waals surface area contributed by atoms with E-state index in [1.807, 2.05) is 0 Å². The average molecular weight is 405 g/mol. The second-order valence-corrected chi connectivity index (χ2v) is 7.88. The van der Waals surface area contributed by atoms with E-state index in [0.29, 0.717) is 0 Å². The lowest BCUT2D eigenvalue weighted by molar-refractivity contribution is -0.138. The molecule has 0 aliphatic carbocycles. The Kier molecular flexibility index (Phi) is 10.5. The molecular weight excluding hydrogens is 373 g/mol. The van der Waals surface area contributed by atoms with E-state index in [2.05, 4.69) is 16.0 Å². The number of carboxylic acid groups (broad SMARTS) is 1. The van der Waals surface area contributed by atoms with Crippen LogP contribution in [0.2, 0.25) is 0 Å². The molecule has 0 radical (unpaired) electrons. The van der Waals surface area contributed by atoms with Crippen LogP contribution in [-0.4, -0.2) is 59.4 Å². The van der Waals surface area contributed by atoms with Crippen molar-refractivity contribution in [3.05, 3.63) is 0 Å². The molecule has 28 heavy (non-hydrogen) atoms. The molecule has 0 bridgehead atoms. The van der Waals surface area contributed by atoms with Crippen molar-refractivity contribution in [3.8, 4) is 0 Å². The summed E-state index contributed by atoms with van der Waals surface area (Å²) in [6.07, 6.45) is -1.33. The molecule has 9 nitrogen and oxygen atoms in total. The number of amides is 3. The van der Waals surface area contributed by atoms with Crippen molar-refractivity contribution >= 4 is 23.9 Å². The van der Waals surface area contributed by atoms with Gasteiger partial charge >= 0.3 is 12.1 Å². The molecule has 0 fully saturated rings. The fourth-order valence-corrected chi connectivity index (χ4v) is 2.23. The van der Waals surface area contributed by atoms with Crippen LogP contribution in [0.4, 0.5) is 9.18 Å². The summed E-state index contributed by atoms with van der Waals surface area (Å²) in [4.78, 5) is 47.4. The summed E-state index contributed by atoms with van der Waals surface area (Å²) >= 11 is 0. The van der Waals surface area contributed by atoms with Gasteiger partial charge in [0.2, 0.25) is 11.8 Å². The molecule has 0 aromatic heterocycles. The zero-order valence-corrected chi connectivity index (χ0v) is 17.3. The number of carbonyl (C=O) groups is 4. The van der Waals surface area contributed by atoms with E-state index in [1.165, 1.54) is 6.92 Å². The van der Waals surface area contributed by atoms with Crippen LogP contribution in [0.1, 0.15) is 54.4 Å². The summed E-state index contributed by atoms with van der Waals surface area (Å²) in [6.45, 7) is 9.13. The molecule has 0 heterocycles. The molecule has 0 rings (SSSR count). The van der Waals surface area contributed by atoms with Gasteiger partial charge in [0, 0.05) is 6.04 Å². The summed E-state index contributed by atoms with van der Waals surface area (Å²) in [5.74, 6) is -2.69. The molecule has 0 saturated carbocycles. The first-order valence-electron chi connectivity index (χ1n) is 9.14. The molecule has 0 unspecified atom stereocenters. The van der Waals surface area contributed by atoms with Crippen LogP contribution in [0.5, 0.6) is 0 Å². The van der Waals surface area contributed by atoms with Gasteiger partial charge in [-0.15, -0.1) is 0 Å². The fraction of sp³-hybridized carbons (Fsp3) is 0.778. The molecule has 4 N–H and O–H groups in total. The third kappa shape index (κ3) is 10.7. The van der Waals surface area contributed by atoms with Crippen molar-refractivity contribution in [1.82, 2.24) is 16.0 Å². The van der Waals surface area contributed by atoms with Crippen LogP contribution in [0, 0.1) is 5.92 Å². The molecule has 0 spiro atoms. The Morgan fingerprint density at radius 3 is 2.00 bits per heavy atom. The number of nitrogens with one attached hydrogen (secondary N) is 3. The SMILES string of the molecule is CC(C)[C@H](NC(=O)OC(C)(C)C)C(=O)N[C@@H](C)C(=O)N[C@H](CCF)CC(=O)O. The monoisotopic (exact) mass is 405 g/mol. The first-order valence-corrected chi connectivity index (χ1v) is 9.14. The summed E-state index contributed by atoms with van der Waals surface area (Å²) in [5.41, 5.74) is -0.731. The Balaban J connectivity index is 4.89. The van der Waals surface area contributed by atoms with Crippen LogP contribution in [-0.2, 0) is 19.1 Å². The number of hydrogen-bond acceptors (Lipinski definition) is 5. The molecule has 0 aliphatic rings. The van der Waals surface area contributed by atoms with Crippen LogP contribution >= 0.6 is 0 Å². The van der Waals surface area contributed by atoms with Crippen LogP contribution in [0.3, 0.4) is 0 Å². The lowest BCUT2D eigenvalue weighted by atomic mass is 10.0. The number of ether oxygens (including phenoxy) is 1. The molecule has 3 amide bonds. The number of rotatable bonds is 10. The highest BCUT2D eigenvalue weighted by Gasteiger charge is 2.29. The Morgan fingerprint density at radius 1 is 1.00 bits per heavy atom. The first kappa shape index (κ1) is 25.6. The Bertz CT molecular complexity index is 562. The maximum Gasteiger partial charge on any atom is 0.408 e. The smallest absolute Gasteiger partial charge is 0.408 e. The van der Waals surface area contributed by atoms with E-state index in [-0.39, 0.29) is 12.3 Å². The lowest BCUT2D eigenvalue weighted by Gasteiger charge is -2.26. The van der Waals surface area contributed by atoms with Gasteiger partial charge in [0.25, 0.3) is 0 Å². The van der Waals surface area contributed by atoms with Gasteiger partial charge in [-0.1, -0.05) is 13.8 Å². The van der Waals surface area contributed by atoms with Crippen molar-refractivity contribution < 1.29 is 33.4 Å². The van der Waals surface area contributed by atoms with Gasteiger partial charge in [-0.3, -0.25) is 18.8 Å². The van der Waals surface area contributed by atoms with Gasteiger partial charge in [0.15, 0.2) is 0 Å². The number of hydrogen-bond donors (Lipinski definition) is 4. The molecule has 10 heteroatoms. The zero-order chi connectivity index (χ0) is 22.1. The van der Waals surface area contributed by atoms with Crippen molar-refractivity contribution in [1.29, 1.82) is 0 Å². The predicted octanol–water partition coefficient (Wildman–Crippen LogP) is 1.36. The molecule has 162 valence electrons. The zero-order valence-electron chi connectivity index (χ0n) is 17.3. The third-order valence-electron chi connectivity index (χ3n) is 3.60. The summed E-state index contributed by atoms with van der Waals surface area (Å²) in [5, 5.41) is 16.2. The Labute approximate surface area is 164 Å². The van der Waals surface area contributed by atoms with Gasteiger partial charge < -0.3 is 25.8 Å². The quantitative estimate of drug-likeness (QED) is 0.434. The van der Waals surface area contributed by atoms with Gasteiger partial charge in [-0.05, 0) is 40.0 Å². The molecule has 0 aromatic carbocycles. The minimum Gasteiger partial charge on any atom is -0.481 e. The van der Waals surface area contributed by atoms with Crippen LogP contribution in [0.15, 0.2) is 0 Å². The average Bonchev–Trinajstić information content (AvgIpc) is 2.49. The predicted molar refractivity (Wildman–Crippen MR) is 100 cm³/mol. The second-order valence-electron chi connectivity index (χ2n) is 7.88. The van der Waals surface area contributed by atoms with Gasteiger partial charge in [-0.25, -0.2) is 4.79 Å². The molecule has 0 saturated heterocycles. The van der Waals surface area contributed by atoms with Crippen molar-refractivity contribution in [3.63, 3.8) is 0 Å². The maximum atomic E-state index is 12.5. The Morgan fingerprint density at radius 2 is 1.57 bits per heavy atom. The van der Waals surface area contributed by atoms with Gasteiger partial charge in [-0.2, -0.15) is 0 Å². The minimum absolute atomic E-state index is 0.145. The number of aliphatic carboxylic acids is 1. The summed E-state index contributed by atoms with van der Waals surface area (Å²) < 4.78 is 17.7. The molecule has 3 atom stereocenters. The number of alkyl carbamates (subject to hydrolysis) is 1. The number of carboxylic acids is 1. The van der Waals surface area contributed by atoms with E-state index in [4.69, 9.17) is 9.84 Å². The van der Waals surface area contributed by atoms with E-state index >= 15 is 0 Å². The van der Waals surface area contributed by atoms with Crippen molar-refractivity contribution in [2.75, 3.05) is 6.67 Å². The molecule has 0 aliphatic heterocycles. The number of carbonyl (C=O) groups excluding carboxylic acids is 3. The van der Waals surface area contributed by atoms with Crippen LogP contribution < -0.4 is 16.0 Å². The third-order valence-corrected chi connectivity index (χ3v) is 3.60. The number of halogens is 1. The van der Waals surface area contributed by atoms with E-state index in [9.17, 15) is 23.6 Å². The first-order chi connectivity index (χ1) is 12.8. The Hall–Kier alpha value is -2.39. The molecular formula is C18H32FN3O6. The minimum atomic E-state index is -1.17. The fourth-order valence-electron chi connectivity index (χ4n) is 2.23. The van der Waals surface area contributed by atoms with Gasteiger partial charge in [0.1, 0.15) is 17.7 Å². The second kappa shape index (κ2) is 11.5. The number of alkyl halides is 1. The topological polar surface area (TPSA) is 134 Å². The van der Waals surface area contributed by atoms with Crippen LogP contribution in [0.25, 0.3) is 0 Å². The normalized spacial score (nSPS) is 14.6. The van der Waals surface area contributed by atoms with Crippen molar-refractivity contribution in [2.24, 2.45) is 5.92 Å². The van der Waals surface area contributed by atoms with E-state index < -0.39 is 60.7 Å².